The van der Waals surface area contributed by atoms with E-state index in [4.69, 9.17) is 0 Å². The fraction of sp³-hybridized carbons (Fsp3) is 0.278. The molecular formula is C18H20N4O. The van der Waals surface area contributed by atoms with E-state index in [-0.39, 0.29) is 5.91 Å². The second kappa shape index (κ2) is 6.60. The second-order valence-electron chi connectivity index (χ2n) is 5.64. The van der Waals surface area contributed by atoms with Gasteiger partial charge in [0.25, 0.3) is 0 Å². The molecule has 23 heavy (non-hydrogen) atoms. The molecule has 0 saturated heterocycles. The van der Waals surface area contributed by atoms with Crippen LogP contribution in [0.3, 0.4) is 0 Å². The molecule has 1 amide bonds. The van der Waals surface area contributed by atoms with Crippen molar-refractivity contribution in [2.45, 2.75) is 19.8 Å². The van der Waals surface area contributed by atoms with Crippen LogP contribution in [0, 0.1) is 6.92 Å². The van der Waals surface area contributed by atoms with Crippen LogP contribution in [0.5, 0.6) is 0 Å². The minimum Gasteiger partial charge on any atom is -0.355 e. The van der Waals surface area contributed by atoms with Crippen LogP contribution < -0.4 is 5.32 Å². The zero-order chi connectivity index (χ0) is 16.2. The molecule has 0 aliphatic heterocycles. The summed E-state index contributed by atoms with van der Waals surface area (Å²) < 4.78 is 1.98. The monoisotopic (exact) mass is 308 g/mol. The molecule has 5 nitrogen and oxygen atoms in total. The first-order valence-electron chi connectivity index (χ1n) is 7.72. The van der Waals surface area contributed by atoms with Gasteiger partial charge in [-0.15, -0.1) is 0 Å². The number of rotatable bonds is 5. The molecule has 0 fully saturated rings. The number of aromatic nitrogens is 3. The Balaban J connectivity index is 1.57. The average molecular weight is 308 g/mol. The number of amides is 1. The summed E-state index contributed by atoms with van der Waals surface area (Å²) in [5.41, 5.74) is 3.96. The van der Waals surface area contributed by atoms with Crippen LogP contribution in [0.4, 0.5) is 0 Å². The maximum absolute atomic E-state index is 12.1. The van der Waals surface area contributed by atoms with E-state index in [9.17, 15) is 4.79 Å². The number of carbonyl (C=O) groups is 1. The quantitative estimate of drug-likeness (QED) is 0.786. The average Bonchev–Trinajstić information content (AvgIpc) is 2.86. The molecule has 1 aromatic carbocycles. The number of pyridine rings is 1. The molecule has 1 N–H and O–H groups in total. The van der Waals surface area contributed by atoms with Gasteiger partial charge in [0.2, 0.25) is 5.91 Å². The summed E-state index contributed by atoms with van der Waals surface area (Å²) in [5, 5.41) is 2.97. The van der Waals surface area contributed by atoms with Crippen LogP contribution in [0.15, 0.2) is 42.6 Å². The molecule has 0 unspecified atom stereocenters. The largest absolute Gasteiger partial charge is 0.355 e. The first kappa shape index (κ1) is 15.2. The number of hydrogen-bond acceptors (Lipinski definition) is 3. The topological polar surface area (TPSA) is 59.8 Å². The Labute approximate surface area is 135 Å². The van der Waals surface area contributed by atoms with Gasteiger partial charge in [0.05, 0.1) is 6.42 Å². The van der Waals surface area contributed by atoms with Gasteiger partial charge in [-0.05, 0) is 30.2 Å². The minimum atomic E-state index is 0.0381. The van der Waals surface area contributed by atoms with E-state index in [0.717, 1.165) is 28.1 Å². The van der Waals surface area contributed by atoms with E-state index >= 15 is 0 Å². The van der Waals surface area contributed by atoms with Crippen molar-refractivity contribution in [2.24, 2.45) is 7.05 Å². The van der Waals surface area contributed by atoms with Crippen molar-refractivity contribution in [2.75, 3.05) is 6.54 Å². The normalized spacial score (nSPS) is 10.9. The van der Waals surface area contributed by atoms with Crippen LogP contribution in [-0.2, 0) is 24.7 Å². The molecule has 2 aromatic heterocycles. The van der Waals surface area contributed by atoms with E-state index in [2.05, 4.69) is 15.3 Å². The predicted molar refractivity (Wildman–Crippen MR) is 90.1 cm³/mol. The summed E-state index contributed by atoms with van der Waals surface area (Å²) in [6, 6.07) is 11.8. The smallest absolute Gasteiger partial charge is 0.224 e. The molecule has 0 radical (unpaired) electrons. The molecular weight excluding hydrogens is 288 g/mol. The molecule has 5 heteroatoms. The lowest BCUT2D eigenvalue weighted by atomic mass is 10.1. The second-order valence-corrected chi connectivity index (χ2v) is 5.64. The van der Waals surface area contributed by atoms with Gasteiger partial charge in [0.15, 0.2) is 5.65 Å². The van der Waals surface area contributed by atoms with E-state index in [1.54, 1.807) is 6.20 Å². The highest BCUT2D eigenvalue weighted by Gasteiger charge is 2.09. The van der Waals surface area contributed by atoms with Gasteiger partial charge < -0.3 is 9.88 Å². The molecule has 0 spiro atoms. The molecule has 118 valence electrons. The van der Waals surface area contributed by atoms with Gasteiger partial charge >= 0.3 is 0 Å². The lowest BCUT2D eigenvalue weighted by Gasteiger charge is -2.07. The fourth-order valence-electron chi connectivity index (χ4n) is 2.65. The third kappa shape index (κ3) is 3.39. The van der Waals surface area contributed by atoms with Crippen molar-refractivity contribution in [1.29, 1.82) is 0 Å². The number of hydrogen-bond donors (Lipinski definition) is 1. The lowest BCUT2D eigenvalue weighted by molar-refractivity contribution is -0.120. The third-order valence-electron chi connectivity index (χ3n) is 4.00. The number of carbonyl (C=O) groups excluding carboxylic acids is 1. The van der Waals surface area contributed by atoms with Gasteiger partial charge in [-0.25, -0.2) is 9.97 Å². The molecule has 0 atom stereocenters. The summed E-state index contributed by atoms with van der Waals surface area (Å²) >= 11 is 0. The van der Waals surface area contributed by atoms with Crippen molar-refractivity contribution in [3.05, 3.63) is 59.5 Å². The number of nitrogens with zero attached hydrogens (tertiary/aromatic N) is 3. The van der Waals surface area contributed by atoms with Crippen molar-refractivity contribution in [3.63, 3.8) is 0 Å². The Bertz CT molecular complexity index is 838. The van der Waals surface area contributed by atoms with Crippen molar-refractivity contribution in [1.82, 2.24) is 19.9 Å². The van der Waals surface area contributed by atoms with Crippen LogP contribution in [-0.4, -0.2) is 27.0 Å². The SMILES string of the molecule is Cc1ccccc1CC(=O)NCCc1nc2cccnc2n1C. The predicted octanol–water partition coefficient (Wildman–Crippen LogP) is 2.18. The zero-order valence-electron chi connectivity index (χ0n) is 13.4. The highest BCUT2D eigenvalue weighted by molar-refractivity contribution is 5.79. The summed E-state index contributed by atoms with van der Waals surface area (Å²) in [6.07, 6.45) is 2.86. The van der Waals surface area contributed by atoms with Crippen molar-refractivity contribution in [3.8, 4) is 0 Å². The van der Waals surface area contributed by atoms with Crippen LogP contribution in [0.1, 0.15) is 17.0 Å². The Morgan fingerprint density at radius 1 is 1.22 bits per heavy atom. The summed E-state index contributed by atoms with van der Waals surface area (Å²) in [7, 11) is 1.95. The highest BCUT2D eigenvalue weighted by atomic mass is 16.1. The van der Waals surface area contributed by atoms with Gasteiger partial charge in [-0.2, -0.15) is 0 Å². The van der Waals surface area contributed by atoms with Gasteiger partial charge in [0.1, 0.15) is 11.3 Å². The van der Waals surface area contributed by atoms with Gasteiger partial charge in [-0.3, -0.25) is 4.79 Å². The fourth-order valence-corrected chi connectivity index (χ4v) is 2.65. The Kier molecular flexibility index (Phi) is 4.37. The molecule has 0 aliphatic carbocycles. The van der Waals surface area contributed by atoms with E-state index < -0.39 is 0 Å². The van der Waals surface area contributed by atoms with Crippen LogP contribution >= 0.6 is 0 Å². The number of imidazole rings is 1. The van der Waals surface area contributed by atoms with E-state index in [1.165, 1.54) is 0 Å². The minimum absolute atomic E-state index is 0.0381. The Morgan fingerprint density at radius 3 is 2.83 bits per heavy atom. The molecule has 0 saturated carbocycles. The maximum atomic E-state index is 12.1. The molecule has 0 bridgehead atoms. The number of benzene rings is 1. The maximum Gasteiger partial charge on any atom is 0.224 e. The van der Waals surface area contributed by atoms with Gasteiger partial charge in [0, 0.05) is 26.2 Å². The van der Waals surface area contributed by atoms with E-state index in [1.807, 2.05) is 54.9 Å². The van der Waals surface area contributed by atoms with Crippen LogP contribution in [0.25, 0.3) is 11.2 Å². The van der Waals surface area contributed by atoms with Crippen molar-refractivity contribution >= 4 is 17.1 Å². The molecule has 3 aromatic rings. The number of nitrogens with one attached hydrogen (secondary N) is 1. The standard InChI is InChI=1S/C18H20N4O/c1-13-6-3-4-7-14(13)12-17(23)19-11-9-16-21-15-8-5-10-20-18(15)22(16)2/h3-8,10H,9,11-12H2,1-2H3,(H,19,23). The highest BCUT2D eigenvalue weighted by Crippen LogP contribution is 2.11. The Hall–Kier alpha value is -2.69. The molecule has 3 rings (SSSR count). The first-order chi connectivity index (χ1) is 11.1. The van der Waals surface area contributed by atoms with Gasteiger partial charge in [-0.1, -0.05) is 24.3 Å². The summed E-state index contributed by atoms with van der Waals surface area (Å²) in [5.74, 6) is 0.964. The Morgan fingerprint density at radius 2 is 2.04 bits per heavy atom. The first-order valence-corrected chi connectivity index (χ1v) is 7.72. The van der Waals surface area contributed by atoms with E-state index in [0.29, 0.717) is 19.4 Å². The number of aryl methyl sites for hydroxylation is 2. The zero-order valence-corrected chi connectivity index (χ0v) is 13.4. The number of fused-ring (bicyclic) bond motifs is 1. The summed E-state index contributed by atoms with van der Waals surface area (Å²) in [6.45, 7) is 2.59. The third-order valence-corrected chi connectivity index (χ3v) is 4.00. The molecule has 2 heterocycles. The lowest BCUT2D eigenvalue weighted by Crippen LogP contribution is -2.28. The summed E-state index contributed by atoms with van der Waals surface area (Å²) in [4.78, 5) is 20.9. The molecule has 0 aliphatic rings. The van der Waals surface area contributed by atoms with Crippen LogP contribution in [0.2, 0.25) is 0 Å². The van der Waals surface area contributed by atoms with Crippen molar-refractivity contribution < 1.29 is 4.79 Å².